The predicted molar refractivity (Wildman–Crippen MR) is 96.8 cm³/mol. The zero-order valence-corrected chi connectivity index (χ0v) is 14.8. The molecular weight excluding hydrogens is 343 g/mol. The van der Waals surface area contributed by atoms with Crippen LogP contribution in [0.25, 0.3) is 10.9 Å². The molecule has 134 valence electrons. The Labute approximate surface area is 151 Å². The summed E-state index contributed by atoms with van der Waals surface area (Å²) in [4.78, 5) is 6.24. The first-order valence-electron chi connectivity index (χ1n) is 8.89. The Balaban J connectivity index is 1.40. The van der Waals surface area contributed by atoms with Crippen LogP contribution in [0.4, 0.5) is 10.1 Å². The highest BCUT2D eigenvalue weighted by molar-refractivity contribution is 6.35. The van der Waals surface area contributed by atoms with Crippen LogP contribution in [-0.4, -0.2) is 44.0 Å². The van der Waals surface area contributed by atoms with Crippen molar-refractivity contribution in [2.45, 2.75) is 25.4 Å². The minimum absolute atomic E-state index is 0.257. The fourth-order valence-corrected chi connectivity index (χ4v) is 3.84. The van der Waals surface area contributed by atoms with Crippen molar-refractivity contribution in [3.63, 3.8) is 0 Å². The van der Waals surface area contributed by atoms with E-state index in [-0.39, 0.29) is 11.9 Å². The molecule has 1 aromatic carbocycles. The van der Waals surface area contributed by atoms with Crippen molar-refractivity contribution in [1.29, 1.82) is 0 Å². The Bertz CT molecular complexity index is 744. The third-order valence-electron chi connectivity index (χ3n) is 5.15. The maximum Gasteiger partial charge on any atom is 0.172 e. The Hall–Kier alpha value is -1.43. The molecule has 1 aromatic heterocycles. The van der Waals surface area contributed by atoms with Gasteiger partial charge in [0.1, 0.15) is 5.52 Å². The van der Waals surface area contributed by atoms with Crippen LogP contribution in [0, 0.1) is 11.7 Å². The first-order chi connectivity index (χ1) is 12.2. The number of fused-ring (bicyclic) bond motifs is 1. The zero-order valence-electron chi connectivity index (χ0n) is 14.1. The summed E-state index contributed by atoms with van der Waals surface area (Å²) in [7, 11) is 0. The molecule has 1 atom stereocenters. The van der Waals surface area contributed by atoms with E-state index in [1.807, 2.05) is 12.1 Å². The maximum absolute atomic E-state index is 14.9. The molecule has 25 heavy (non-hydrogen) atoms. The lowest BCUT2D eigenvalue weighted by Gasteiger charge is -2.34. The molecule has 0 spiro atoms. The Morgan fingerprint density at radius 1 is 1.24 bits per heavy atom. The van der Waals surface area contributed by atoms with Gasteiger partial charge in [-0.25, -0.2) is 4.39 Å². The third kappa shape index (κ3) is 3.59. The van der Waals surface area contributed by atoms with E-state index in [4.69, 9.17) is 21.1 Å². The van der Waals surface area contributed by atoms with Crippen molar-refractivity contribution < 1.29 is 13.9 Å². The summed E-state index contributed by atoms with van der Waals surface area (Å²) in [5, 5.41) is 1.18. The standard InChI is InChI=1S/C19H22ClFN2O2/c20-16-3-7-22-19-15(16)1-2-17(18(19)21)23-8-4-14(5-9-23)25-12-13-6-10-24-11-13/h1-3,7,13-14H,4-6,8-12H2. The molecule has 0 N–H and O–H groups in total. The molecule has 2 saturated heterocycles. The molecule has 2 aliphatic heterocycles. The molecule has 2 aromatic rings. The van der Waals surface area contributed by atoms with E-state index in [0.29, 0.717) is 27.5 Å². The number of hydrogen-bond acceptors (Lipinski definition) is 4. The lowest BCUT2D eigenvalue weighted by Crippen LogP contribution is -2.38. The summed E-state index contributed by atoms with van der Waals surface area (Å²) >= 11 is 6.13. The number of anilines is 1. The fraction of sp³-hybridized carbons (Fsp3) is 0.526. The number of benzene rings is 1. The molecule has 0 saturated carbocycles. The van der Waals surface area contributed by atoms with Crippen molar-refractivity contribution in [2.75, 3.05) is 37.8 Å². The Morgan fingerprint density at radius 3 is 2.84 bits per heavy atom. The second kappa shape index (κ2) is 7.44. The SMILES string of the molecule is Fc1c(N2CCC(OCC3CCOC3)CC2)ccc2c(Cl)ccnc12. The van der Waals surface area contributed by atoms with Crippen molar-refractivity contribution in [2.24, 2.45) is 5.92 Å². The van der Waals surface area contributed by atoms with Gasteiger partial charge in [-0.3, -0.25) is 4.98 Å². The van der Waals surface area contributed by atoms with Crippen LogP contribution in [0.1, 0.15) is 19.3 Å². The van der Waals surface area contributed by atoms with Crippen LogP contribution in [0.15, 0.2) is 24.4 Å². The van der Waals surface area contributed by atoms with Crippen molar-refractivity contribution in [3.8, 4) is 0 Å². The fourth-order valence-electron chi connectivity index (χ4n) is 3.63. The lowest BCUT2D eigenvalue weighted by atomic mass is 10.1. The maximum atomic E-state index is 14.9. The second-order valence-electron chi connectivity index (χ2n) is 6.84. The molecule has 4 rings (SSSR count). The molecule has 1 unspecified atom stereocenters. The molecule has 6 heteroatoms. The van der Waals surface area contributed by atoms with Crippen molar-refractivity contribution >= 4 is 28.2 Å². The zero-order chi connectivity index (χ0) is 17.2. The number of pyridine rings is 1. The predicted octanol–water partition coefficient (Wildman–Crippen LogP) is 4.05. The third-order valence-corrected chi connectivity index (χ3v) is 5.48. The average Bonchev–Trinajstić information content (AvgIpc) is 3.15. The van der Waals surface area contributed by atoms with E-state index >= 15 is 0 Å². The molecule has 4 nitrogen and oxygen atoms in total. The van der Waals surface area contributed by atoms with Gasteiger partial charge in [0.25, 0.3) is 0 Å². The first-order valence-corrected chi connectivity index (χ1v) is 9.27. The summed E-state index contributed by atoms with van der Waals surface area (Å²) in [5.41, 5.74) is 0.939. The summed E-state index contributed by atoms with van der Waals surface area (Å²) in [5.74, 6) is 0.245. The van der Waals surface area contributed by atoms with Crippen molar-refractivity contribution in [1.82, 2.24) is 4.98 Å². The van der Waals surface area contributed by atoms with Gasteiger partial charge in [0, 0.05) is 37.2 Å². The number of aromatic nitrogens is 1. The largest absolute Gasteiger partial charge is 0.381 e. The highest BCUT2D eigenvalue weighted by Crippen LogP contribution is 2.31. The first kappa shape index (κ1) is 17.0. The number of halogens is 2. The summed E-state index contributed by atoms with van der Waals surface area (Å²) in [6, 6.07) is 5.34. The van der Waals surface area contributed by atoms with Gasteiger partial charge >= 0.3 is 0 Å². The van der Waals surface area contributed by atoms with Crippen molar-refractivity contribution in [3.05, 3.63) is 35.2 Å². The summed E-state index contributed by atoms with van der Waals surface area (Å²) in [6.07, 6.45) is 4.72. The van der Waals surface area contributed by atoms with Gasteiger partial charge in [0.05, 0.1) is 30.0 Å². The van der Waals surface area contributed by atoms with Crippen LogP contribution >= 0.6 is 11.6 Å². The van der Waals surface area contributed by atoms with Gasteiger partial charge in [-0.1, -0.05) is 11.6 Å². The smallest absolute Gasteiger partial charge is 0.172 e. The summed E-state index contributed by atoms with van der Waals surface area (Å²) < 4.78 is 26.3. The van der Waals surface area contributed by atoms with E-state index in [1.54, 1.807) is 12.3 Å². The van der Waals surface area contributed by atoms with E-state index in [0.717, 1.165) is 52.2 Å². The van der Waals surface area contributed by atoms with Crippen LogP contribution in [0.5, 0.6) is 0 Å². The van der Waals surface area contributed by atoms with Gasteiger partial charge in [-0.05, 0) is 37.5 Å². The molecule has 3 heterocycles. The van der Waals surface area contributed by atoms with Crippen LogP contribution in [0.3, 0.4) is 0 Å². The average molecular weight is 365 g/mol. The van der Waals surface area contributed by atoms with Gasteiger partial charge in [-0.15, -0.1) is 0 Å². The quantitative estimate of drug-likeness (QED) is 0.819. The van der Waals surface area contributed by atoms with E-state index in [9.17, 15) is 4.39 Å². The molecule has 0 amide bonds. The minimum Gasteiger partial charge on any atom is -0.381 e. The topological polar surface area (TPSA) is 34.6 Å². The number of hydrogen-bond donors (Lipinski definition) is 0. The van der Waals surface area contributed by atoms with Gasteiger partial charge < -0.3 is 14.4 Å². The summed E-state index contributed by atoms with van der Waals surface area (Å²) in [6.45, 7) is 4.02. The van der Waals surface area contributed by atoms with Crippen LogP contribution < -0.4 is 4.90 Å². The molecule has 0 bridgehead atoms. The normalized spacial score (nSPS) is 22.0. The molecule has 0 aliphatic carbocycles. The number of nitrogens with zero attached hydrogens (tertiary/aromatic N) is 2. The van der Waals surface area contributed by atoms with E-state index in [2.05, 4.69) is 9.88 Å². The van der Waals surface area contributed by atoms with Crippen LogP contribution in [-0.2, 0) is 9.47 Å². The van der Waals surface area contributed by atoms with Crippen LogP contribution in [0.2, 0.25) is 5.02 Å². The van der Waals surface area contributed by atoms with E-state index in [1.165, 1.54) is 0 Å². The monoisotopic (exact) mass is 364 g/mol. The Kier molecular flexibility index (Phi) is 5.06. The number of rotatable bonds is 4. The van der Waals surface area contributed by atoms with Gasteiger partial charge in [-0.2, -0.15) is 0 Å². The highest BCUT2D eigenvalue weighted by atomic mass is 35.5. The Morgan fingerprint density at radius 2 is 2.08 bits per heavy atom. The molecular formula is C19H22ClFN2O2. The molecule has 2 fully saturated rings. The molecule has 0 radical (unpaired) electrons. The second-order valence-corrected chi connectivity index (χ2v) is 7.24. The number of piperidine rings is 1. The number of ether oxygens (including phenoxy) is 2. The lowest BCUT2D eigenvalue weighted by molar-refractivity contribution is 0.0131. The van der Waals surface area contributed by atoms with Gasteiger partial charge in [0.15, 0.2) is 5.82 Å². The molecule has 2 aliphatic rings. The van der Waals surface area contributed by atoms with E-state index < -0.39 is 0 Å². The van der Waals surface area contributed by atoms with Gasteiger partial charge in [0.2, 0.25) is 0 Å². The highest BCUT2D eigenvalue weighted by Gasteiger charge is 2.24. The minimum atomic E-state index is -0.289.